The van der Waals surface area contributed by atoms with Crippen molar-refractivity contribution in [3.8, 4) is 0 Å². The molecule has 1 heterocycles. The maximum Gasteiger partial charge on any atom is 0.304 e. The predicted molar refractivity (Wildman–Crippen MR) is 68.1 cm³/mol. The summed E-state index contributed by atoms with van der Waals surface area (Å²) < 4.78 is 1.36. The first-order valence-corrected chi connectivity index (χ1v) is 5.82. The molecule has 19 heavy (non-hydrogen) atoms. The van der Waals surface area contributed by atoms with E-state index in [1.54, 1.807) is 24.3 Å². The van der Waals surface area contributed by atoms with Gasteiger partial charge in [0.25, 0.3) is 0 Å². The van der Waals surface area contributed by atoms with Gasteiger partial charge in [0.15, 0.2) is 0 Å². The summed E-state index contributed by atoms with van der Waals surface area (Å²) in [5.74, 6) is 4.33. The molecule has 0 unspecified atom stereocenters. The number of nitrogens with two attached hydrogens (primary N) is 1. The van der Waals surface area contributed by atoms with Crippen LogP contribution in [0.25, 0.3) is 0 Å². The molecule has 8 heteroatoms. The van der Waals surface area contributed by atoms with Gasteiger partial charge in [-0.2, -0.15) is 0 Å². The number of nitrogens with one attached hydrogen (secondary N) is 1. The maximum absolute atomic E-state index is 11.2. The molecule has 0 aliphatic rings. The molecule has 0 radical (unpaired) electrons. The molecule has 1 amide bonds. The molecule has 2 aromatic rings. The Morgan fingerprint density at radius 3 is 3.05 bits per heavy atom. The van der Waals surface area contributed by atoms with Gasteiger partial charge in [0.2, 0.25) is 5.82 Å². The minimum atomic E-state index is -0.797. The number of amides is 1. The Bertz CT molecular complexity index is 586. The van der Waals surface area contributed by atoms with Crippen molar-refractivity contribution < 1.29 is 9.90 Å². The van der Waals surface area contributed by atoms with Crippen LogP contribution in [0.3, 0.4) is 0 Å². The third-order valence-electron chi connectivity index (χ3n) is 2.46. The summed E-state index contributed by atoms with van der Waals surface area (Å²) in [6.07, 6.45) is 0.549. The second-order valence-corrected chi connectivity index (χ2v) is 4.27. The fourth-order valence-electron chi connectivity index (χ4n) is 1.55. The number of carbonyl (C=O) groups excluding carboxylic acids is 1. The van der Waals surface area contributed by atoms with E-state index in [-0.39, 0.29) is 12.4 Å². The summed E-state index contributed by atoms with van der Waals surface area (Å²) in [5, 5.41) is 14.5. The number of hydrazine groups is 1. The molecule has 1 atom stereocenters. The van der Waals surface area contributed by atoms with Crippen LogP contribution in [0.15, 0.2) is 30.6 Å². The fourth-order valence-corrected chi connectivity index (χ4v) is 1.75. The van der Waals surface area contributed by atoms with Crippen molar-refractivity contribution in [2.24, 2.45) is 5.84 Å². The molecular weight excluding hydrogens is 270 g/mol. The second-order valence-electron chi connectivity index (χ2n) is 3.83. The van der Waals surface area contributed by atoms with Gasteiger partial charge in [-0.25, -0.2) is 15.5 Å². The van der Waals surface area contributed by atoms with Gasteiger partial charge in [0, 0.05) is 5.02 Å². The Labute approximate surface area is 114 Å². The van der Waals surface area contributed by atoms with Crippen molar-refractivity contribution in [3.63, 3.8) is 0 Å². The quantitative estimate of drug-likeness (QED) is 0.424. The third-order valence-corrected chi connectivity index (χ3v) is 2.70. The molecule has 1 aromatic carbocycles. The number of aromatic nitrogens is 3. The Kier molecular flexibility index (Phi) is 4.10. The standard InChI is InChI=1S/C11H12ClN5O2/c12-8-3-1-2-7(4-8)9(18)5-17-6-14-10(16-17)11(19)15-13/h1-4,6,9,18H,5,13H2,(H,15,19)/t9-/m0/s1. The Morgan fingerprint density at radius 1 is 1.58 bits per heavy atom. The van der Waals surface area contributed by atoms with E-state index in [0.29, 0.717) is 10.6 Å². The maximum atomic E-state index is 11.2. The third kappa shape index (κ3) is 3.28. The number of nitrogens with zero attached hydrogens (tertiary/aromatic N) is 3. The van der Waals surface area contributed by atoms with Gasteiger partial charge in [0.05, 0.1) is 12.6 Å². The summed E-state index contributed by atoms with van der Waals surface area (Å²) in [6.45, 7) is 0.158. The lowest BCUT2D eigenvalue weighted by molar-refractivity contribution is 0.0941. The van der Waals surface area contributed by atoms with Crippen LogP contribution < -0.4 is 11.3 Å². The average Bonchev–Trinajstić information content (AvgIpc) is 2.86. The zero-order valence-electron chi connectivity index (χ0n) is 9.82. The van der Waals surface area contributed by atoms with Crippen molar-refractivity contribution in [1.29, 1.82) is 0 Å². The molecule has 7 nitrogen and oxygen atoms in total. The molecule has 0 saturated heterocycles. The molecule has 0 spiro atoms. The lowest BCUT2D eigenvalue weighted by Crippen LogP contribution is -2.31. The van der Waals surface area contributed by atoms with Crippen LogP contribution in [0.2, 0.25) is 5.02 Å². The van der Waals surface area contributed by atoms with Crippen LogP contribution in [-0.4, -0.2) is 25.8 Å². The SMILES string of the molecule is NNC(=O)c1ncn(C[C@H](O)c2cccc(Cl)c2)n1. The fraction of sp³-hybridized carbons (Fsp3) is 0.182. The van der Waals surface area contributed by atoms with E-state index in [1.807, 2.05) is 5.43 Å². The van der Waals surface area contributed by atoms with Crippen molar-refractivity contribution >= 4 is 17.5 Å². The number of nitrogen functional groups attached to an aromatic ring is 1. The highest BCUT2D eigenvalue weighted by atomic mass is 35.5. The van der Waals surface area contributed by atoms with Crippen LogP contribution >= 0.6 is 11.6 Å². The second kappa shape index (κ2) is 5.79. The molecular formula is C11H12ClN5O2. The topological polar surface area (TPSA) is 106 Å². The van der Waals surface area contributed by atoms with E-state index < -0.39 is 12.0 Å². The number of halogens is 1. The van der Waals surface area contributed by atoms with E-state index in [2.05, 4.69) is 10.1 Å². The van der Waals surface area contributed by atoms with Crippen molar-refractivity contribution in [3.05, 3.63) is 47.0 Å². The van der Waals surface area contributed by atoms with E-state index >= 15 is 0 Å². The highest BCUT2D eigenvalue weighted by molar-refractivity contribution is 6.30. The Balaban J connectivity index is 2.08. The van der Waals surface area contributed by atoms with Crippen molar-refractivity contribution in [2.75, 3.05) is 0 Å². The summed E-state index contributed by atoms with van der Waals surface area (Å²) in [4.78, 5) is 14.9. The number of aliphatic hydroxyl groups is 1. The van der Waals surface area contributed by atoms with Crippen molar-refractivity contribution in [1.82, 2.24) is 20.2 Å². The monoisotopic (exact) mass is 281 g/mol. The number of rotatable bonds is 4. The first-order chi connectivity index (χ1) is 9.10. The highest BCUT2D eigenvalue weighted by Gasteiger charge is 2.13. The lowest BCUT2D eigenvalue weighted by Gasteiger charge is -2.10. The summed E-state index contributed by atoms with van der Waals surface area (Å²) in [7, 11) is 0. The van der Waals surface area contributed by atoms with Gasteiger partial charge < -0.3 is 5.11 Å². The summed E-state index contributed by atoms with van der Waals surface area (Å²) in [6, 6.07) is 6.88. The molecule has 0 fully saturated rings. The molecule has 0 saturated carbocycles. The van der Waals surface area contributed by atoms with Crippen molar-refractivity contribution in [2.45, 2.75) is 12.6 Å². The largest absolute Gasteiger partial charge is 0.386 e. The average molecular weight is 282 g/mol. The number of aliphatic hydroxyl groups excluding tert-OH is 1. The number of benzene rings is 1. The molecule has 0 aliphatic heterocycles. The first-order valence-electron chi connectivity index (χ1n) is 5.44. The molecule has 2 rings (SSSR count). The Hall–Kier alpha value is -1.96. The normalized spacial score (nSPS) is 12.2. The summed E-state index contributed by atoms with van der Waals surface area (Å²) in [5.41, 5.74) is 2.59. The van der Waals surface area contributed by atoms with Crippen LogP contribution in [0.4, 0.5) is 0 Å². The highest BCUT2D eigenvalue weighted by Crippen LogP contribution is 2.18. The number of hydrogen-bond acceptors (Lipinski definition) is 5. The van der Waals surface area contributed by atoms with Crippen LogP contribution in [0.5, 0.6) is 0 Å². The lowest BCUT2D eigenvalue weighted by atomic mass is 10.1. The van der Waals surface area contributed by atoms with E-state index in [0.717, 1.165) is 0 Å². The van der Waals surface area contributed by atoms with Gasteiger partial charge >= 0.3 is 5.91 Å². The Morgan fingerprint density at radius 2 is 2.37 bits per heavy atom. The van der Waals surface area contributed by atoms with Crippen LogP contribution in [0.1, 0.15) is 22.3 Å². The zero-order valence-corrected chi connectivity index (χ0v) is 10.6. The first kappa shape index (κ1) is 13.5. The predicted octanol–water partition coefficient (Wildman–Crippen LogP) is 0.269. The van der Waals surface area contributed by atoms with E-state index in [1.165, 1.54) is 11.0 Å². The number of hydrogen-bond donors (Lipinski definition) is 3. The number of carbonyl (C=O) groups is 1. The van der Waals surface area contributed by atoms with Gasteiger partial charge in [0.1, 0.15) is 6.33 Å². The molecule has 0 aliphatic carbocycles. The van der Waals surface area contributed by atoms with Gasteiger partial charge in [-0.15, -0.1) is 5.10 Å². The van der Waals surface area contributed by atoms with E-state index in [9.17, 15) is 9.90 Å². The van der Waals surface area contributed by atoms with Gasteiger partial charge in [-0.05, 0) is 17.7 Å². The molecule has 100 valence electrons. The summed E-state index contributed by atoms with van der Waals surface area (Å²) >= 11 is 5.84. The minimum absolute atomic E-state index is 0.0548. The smallest absolute Gasteiger partial charge is 0.304 e. The van der Waals surface area contributed by atoms with Gasteiger partial charge in [-0.3, -0.25) is 10.2 Å². The molecule has 4 N–H and O–H groups in total. The van der Waals surface area contributed by atoms with Gasteiger partial charge in [-0.1, -0.05) is 23.7 Å². The molecule has 0 bridgehead atoms. The minimum Gasteiger partial charge on any atom is -0.386 e. The zero-order chi connectivity index (χ0) is 13.8. The molecule has 1 aromatic heterocycles. The van der Waals surface area contributed by atoms with Crippen LogP contribution in [0, 0.1) is 0 Å². The van der Waals surface area contributed by atoms with E-state index in [4.69, 9.17) is 17.4 Å². The van der Waals surface area contributed by atoms with Crippen LogP contribution in [-0.2, 0) is 6.54 Å².